The summed E-state index contributed by atoms with van der Waals surface area (Å²) < 4.78 is 5.68. The molecule has 0 aliphatic heterocycles. The van der Waals surface area contributed by atoms with Crippen molar-refractivity contribution in [1.29, 1.82) is 5.26 Å². The molecule has 2 amide bonds. The summed E-state index contributed by atoms with van der Waals surface area (Å²) in [6.07, 6.45) is 1.21. The van der Waals surface area contributed by atoms with Crippen molar-refractivity contribution in [3.05, 3.63) is 66.4 Å². The first-order valence-corrected chi connectivity index (χ1v) is 8.27. The molecule has 2 rings (SSSR count). The summed E-state index contributed by atoms with van der Waals surface area (Å²) in [6.45, 7) is 1.78. The number of benzene rings is 2. The molecule has 2 aromatic carbocycles. The van der Waals surface area contributed by atoms with Crippen LogP contribution in [0.2, 0.25) is 0 Å². The smallest absolute Gasteiger partial charge is 0.267 e. The highest BCUT2D eigenvalue weighted by atomic mass is 16.5. The third-order valence-corrected chi connectivity index (χ3v) is 3.52. The van der Waals surface area contributed by atoms with E-state index in [1.165, 1.54) is 18.0 Å². The van der Waals surface area contributed by atoms with Gasteiger partial charge in [-0.05, 0) is 36.4 Å². The van der Waals surface area contributed by atoms with Gasteiger partial charge >= 0.3 is 0 Å². The van der Waals surface area contributed by atoms with Crippen LogP contribution in [0.4, 0.5) is 5.69 Å². The average Bonchev–Trinajstić information content (AvgIpc) is 2.67. The molecule has 0 radical (unpaired) electrons. The van der Waals surface area contributed by atoms with Crippen LogP contribution in [-0.4, -0.2) is 29.8 Å². The number of nitriles is 1. The maximum atomic E-state index is 12.3. The van der Waals surface area contributed by atoms with Crippen LogP contribution in [-0.2, 0) is 9.59 Å². The minimum atomic E-state index is -0.613. The average molecular weight is 364 g/mol. The highest BCUT2D eigenvalue weighted by Crippen LogP contribution is 2.22. The van der Waals surface area contributed by atoms with E-state index in [4.69, 9.17) is 10.5 Å². The molecule has 0 bridgehead atoms. The van der Waals surface area contributed by atoms with Crippen LogP contribution in [0.25, 0.3) is 0 Å². The number of hydrogen-bond acceptors (Lipinski definition) is 5. The zero-order chi connectivity index (χ0) is 19.6. The van der Waals surface area contributed by atoms with E-state index in [-0.39, 0.29) is 24.6 Å². The predicted molar refractivity (Wildman–Crippen MR) is 102 cm³/mol. The van der Waals surface area contributed by atoms with Gasteiger partial charge in [0.15, 0.2) is 0 Å². The van der Waals surface area contributed by atoms with Crippen molar-refractivity contribution in [3.8, 4) is 17.6 Å². The Morgan fingerprint density at radius 3 is 2.33 bits per heavy atom. The van der Waals surface area contributed by atoms with E-state index in [0.29, 0.717) is 17.2 Å². The molecule has 0 aliphatic carbocycles. The summed E-state index contributed by atoms with van der Waals surface area (Å²) >= 11 is 0. The predicted octanol–water partition coefficient (Wildman–Crippen LogP) is 2.63. The standard InChI is InChI=1S/C20H20N4O3/c1-15(25)24(12-11-21)14-16(13-22)20(26)23-17-7-9-19(10-8-17)27-18-5-3-2-4-6-18/h2-10,14H,11-12,21H2,1H3,(H,23,26)/b16-14-. The van der Waals surface area contributed by atoms with Gasteiger partial charge in [-0.2, -0.15) is 5.26 Å². The van der Waals surface area contributed by atoms with Gasteiger partial charge in [-0.1, -0.05) is 18.2 Å². The Balaban J connectivity index is 2.05. The largest absolute Gasteiger partial charge is 0.457 e. The van der Waals surface area contributed by atoms with E-state index in [2.05, 4.69) is 5.32 Å². The first-order chi connectivity index (χ1) is 13.0. The molecular formula is C20H20N4O3. The van der Waals surface area contributed by atoms with E-state index < -0.39 is 5.91 Å². The van der Waals surface area contributed by atoms with Crippen LogP contribution >= 0.6 is 0 Å². The Bertz CT molecular complexity index is 855. The summed E-state index contributed by atoms with van der Waals surface area (Å²) in [6, 6.07) is 17.8. The molecule has 0 spiro atoms. The number of anilines is 1. The second-order valence-electron chi connectivity index (χ2n) is 5.55. The zero-order valence-corrected chi connectivity index (χ0v) is 14.9. The minimum absolute atomic E-state index is 0.191. The molecule has 0 aliphatic rings. The normalized spacial score (nSPS) is 10.6. The van der Waals surface area contributed by atoms with Crippen molar-refractivity contribution in [3.63, 3.8) is 0 Å². The molecule has 7 nitrogen and oxygen atoms in total. The number of nitrogens with one attached hydrogen (secondary N) is 1. The lowest BCUT2D eigenvalue weighted by atomic mass is 10.2. The molecule has 0 unspecified atom stereocenters. The fourth-order valence-electron chi connectivity index (χ4n) is 2.18. The number of hydrogen-bond donors (Lipinski definition) is 2. The molecule has 0 saturated heterocycles. The number of nitrogens with two attached hydrogens (primary N) is 1. The molecule has 27 heavy (non-hydrogen) atoms. The molecule has 0 fully saturated rings. The van der Waals surface area contributed by atoms with Gasteiger partial charge in [0.25, 0.3) is 5.91 Å². The summed E-state index contributed by atoms with van der Waals surface area (Å²) in [7, 11) is 0. The highest BCUT2D eigenvalue weighted by Gasteiger charge is 2.13. The van der Waals surface area contributed by atoms with Crippen molar-refractivity contribution < 1.29 is 14.3 Å². The molecule has 2 aromatic rings. The Morgan fingerprint density at radius 1 is 1.15 bits per heavy atom. The number of para-hydroxylation sites is 1. The van der Waals surface area contributed by atoms with Crippen molar-refractivity contribution in [2.75, 3.05) is 18.4 Å². The van der Waals surface area contributed by atoms with Gasteiger partial charge in [0.2, 0.25) is 5.91 Å². The van der Waals surface area contributed by atoms with Crippen LogP contribution in [0.1, 0.15) is 6.92 Å². The third kappa shape index (κ3) is 5.99. The van der Waals surface area contributed by atoms with Gasteiger partial charge in [-0.25, -0.2) is 0 Å². The Hall–Kier alpha value is -3.63. The Labute approximate surface area is 157 Å². The first-order valence-electron chi connectivity index (χ1n) is 8.27. The first kappa shape index (κ1) is 19.7. The van der Waals surface area contributed by atoms with Gasteiger partial charge in [-0.3, -0.25) is 9.59 Å². The van der Waals surface area contributed by atoms with Gasteiger partial charge in [-0.15, -0.1) is 0 Å². The fraction of sp³-hybridized carbons (Fsp3) is 0.150. The van der Waals surface area contributed by atoms with E-state index >= 15 is 0 Å². The van der Waals surface area contributed by atoms with Crippen LogP contribution in [0.3, 0.4) is 0 Å². The number of ether oxygens (including phenoxy) is 1. The van der Waals surface area contributed by atoms with Gasteiger partial charge in [0.1, 0.15) is 23.1 Å². The molecule has 7 heteroatoms. The summed E-state index contributed by atoms with van der Waals surface area (Å²) in [5, 5.41) is 11.8. The number of rotatable bonds is 7. The van der Waals surface area contributed by atoms with Crippen molar-refractivity contribution in [2.24, 2.45) is 5.73 Å². The van der Waals surface area contributed by atoms with Crippen molar-refractivity contribution in [2.45, 2.75) is 6.92 Å². The molecule has 138 valence electrons. The molecule has 0 atom stereocenters. The lowest BCUT2D eigenvalue weighted by Gasteiger charge is -2.15. The van der Waals surface area contributed by atoms with Crippen LogP contribution in [0, 0.1) is 11.3 Å². The van der Waals surface area contributed by atoms with E-state index in [9.17, 15) is 14.9 Å². The Morgan fingerprint density at radius 2 is 1.78 bits per heavy atom. The highest BCUT2D eigenvalue weighted by molar-refractivity contribution is 6.06. The maximum absolute atomic E-state index is 12.3. The summed E-state index contributed by atoms with van der Waals surface area (Å²) in [5.74, 6) is 0.398. The van der Waals surface area contributed by atoms with Gasteiger partial charge < -0.3 is 20.7 Å². The van der Waals surface area contributed by atoms with E-state index in [1.807, 2.05) is 30.3 Å². The molecule has 0 saturated carbocycles. The second kappa shape index (κ2) is 9.75. The minimum Gasteiger partial charge on any atom is -0.457 e. The topological polar surface area (TPSA) is 108 Å². The number of nitrogens with zero attached hydrogens (tertiary/aromatic N) is 2. The van der Waals surface area contributed by atoms with Crippen LogP contribution in [0.15, 0.2) is 66.4 Å². The van der Waals surface area contributed by atoms with Crippen molar-refractivity contribution >= 4 is 17.5 Å². The second-order valence-corrected chi connectivity index (χ2v) is 5.55. The molecule has 3 N–H and O–H groups in total. The lowest BCUT2D eigenvalue weighted by molar-refractivity contribution is -0.126. The van der Waals surface area contributed by atoms with E-state index in [0.717, 1.165) is 0 Å². The van der Waals surface area contributed by atoms with Crippen molar-refractivity contribution in [1.82, 2.24) is 4.90 Å². The maximum Gasteiger partial charge on any atom is 0.267 e. The van der Waals surface area contributed by atoms with Gasteiger partial charge in [0.05, 0.1) is 0 Å². The quantitative estimate of drug-likeness (QED) is 0.580. The lowest BCUT2D eigenvalue weighted by Crippen LogP contribution is -2.30. The Kier molecular flexibility index (Phi) is 7.11. The summed E-state index contributed by atoms with van der Waals surface area (Å²) in [5.41, 5.74) is 5.74. The third-order valence-electron chi connectivity index (χ3n) is 3.52. The zero-order valence-electron chi connectivity index (χ0n) is 14.9. The number of amides is 2. The number of carbonyl (C=O) groups excluding carboxylic acids is 2. The van der Waals surface area contributed by atoms with Crippen LogP contribution < -0.4 is 15.8 Å². The monoisotopic (exact) mass is 364 g/mol. The van der Waals surface area contributed by atoms with E-state index in [1.54, 1.807) is 30.3 Å². The summed E-state index contributed by atoms with van der Waals surface area (Å²) in [4.78, 5) is 25.0. The SMILES string of the molecule is CC(=O)N(/C=C(/C#N)C(=O)Nc1ccc(Oc2ccccc2)cc1)CCN. The van der Waals surface area contributed by atoms with Gasteiger partial charge in [0, 0.05) is 31.9 Å². The molecule has 0 heterocycles. The van der Waals surface area contributed by atoms with Crippen LogP contribution in [0.5, 0.6) is 11.5 Å². The fourth-order valence-corrected chi connectivity index (χ4v) is 2.18. The molecular weight excluding hydrogens is 344 g/mol. The molecule has 0 aromatic heterocycles. The number of carbonyl (C=O) groups is 2.